The van der Waals surface area contributed by atoms with Crippen molar-refractivity contribution in [1.82, 2.24) is 15.1 Å². The number of urea groups is 1. The van der Waals surface area contributed by atoms with E-state index in [0.717, 1.165) is 44.7 Å². The van der Waals surface area contributed by atoms with Gasteiger partial charge in [-0.3, -0.25) is 4.90 Å². The average Bonchev–Trinajstić information content (AvgIpc) is 3.20. The van der Waals surface area contributed by atoms with Crippen molar-refractivity contribution in [2.75, 3.05) is 32.7 Å². The van der Waals surface area contributed by atoms with Crippen molar-refractivity contribution < 1.29 is 13.6 Å². The average molecular weight is 323 g/mol. The summed E-state index contributed by atoms with van der Waals surface area (Å²) in [5.74, 6) is -0.892. The monoisotopic (exact) mass is 323 g/mol. The summed E-state index contributed by atoms with van der Waals surface area (Å²) >= 11 is 0. The molecule has 0 aromatic heterocycles. The minimum atomic E-state index is -0.458. The molecule has 0 saturated carbocycles. The summed E-state index contributed by atoms with van der Waals surface area (Å²) < 4.78 is 26.6. The molecule has 2 heterocycles. The zero-order valence-electron chi connectivity index (χ0n) is 13.2. The molecule has 3 rings (SSSR count). The molecular weight excluding hydrogens is 300 g/mol. The molecule has 23 heavy (non-hydrogen) atoms. The predicted octanol–water partition coefficient (Wildman–Crippen LogP) is 2.39. The van der Waals surface area contributed by atoms with Crippen molar-refractivity contribution in [2.45, 2.75) is 31.7 Å². The molecule has 1 N–H and O–H groups in total. The number of hydrogen-bond donors (Lipinski definition) is 1. The van der Waals surface area contributed by atoms with Gasteiger partial charge >= 0.3 is 6.03 Å². The lowest BCUT2D eigenvalue weighted by atomic mass is 10.1. The van der Waals surface area contributed by atoms with Crippen molar-refractivity contribution in [2.24, 2.45) is 0 Å². The van der Waals surface area contributed by atoms with Crippen LogP contribution >= 0.6 is 0 Å². The van der Waals surface area contributed by atoms with E-state index in [4.69, 9.17) is 0 Å². The van der Waals surface area contributed by atoms with Crippen LogP contribution in [0.3, 0.4) is 0 Å². The maximum Gasteiger partial charge on any atom is 0.317 e. The van der Waals surface area contributed by atoms with E-state index in [1.165, 1.54) is 18.9 Å². The van der Waals surface area contributed by atoms with Crippen molar-refractivity contribution in [3.8, 4) is 0 Å². The van der Waals surface area contributed by atoms with Crippen LogP contribution in [0.4, 0.5) is 13.6 Å². The Balaban J connectivity index is 1.44. The van der Waals surface area contributed by atoms with E-state index < -0.39 is 11.6 Å². The summed E-state index contributed by atoms with van der Waals surface area (Å²) in [5.41, 5.74) is 0.293. The second-order valence-corrected chi connectivity index (χ2v) is 6.35. The molecule has 1 atom stereocenters. The smallest absolute Gasteiger partial charge is 0.317 e. The summed E-state index contributed by atoms with van der Waals surface area (Å²) in [6.07, 6.45) is 3.81. The number of carbonyl (C=O) groups excluding carboxylic acids is 1. The number of amides is 2. The zero-order chi connectivity index (χ0) is 16.2. The SMILES string of the molecule is O=C(NCCc1cc(F)ccc1F)N1CC[C@@H](N2CCCC2)C1. The van der Waals surface area contributed by atoms with Gasteiger partial charge in [-0.25, -0.2) is 13.6 Å². The number of nitrogens with one attached hydrogen (secondary N) is 1. The second kappa shape index (κ2) is 7.25. The Morgan fingerprint density at radius 3 is 2.78 bits per heavy atom. The zero-order valence-corrected chi connectivity index (χ0v) is 13.2. The summed E-state index contributed by atoms with van der Waals surface area (Å²) in [7, 11) is 0. The molecule has 2 saturated heterocycles. The molecule has 0 radical (unpaired) electrons. The van der Waals surface area contributed by atoms with E-state index in [0.29, 0.717) is 24.6 Å². The molecule has 1 aromatic carbocycles. The molecule has 0 spiro atoms. The maximum absolute atomic E-state index is 13.5. The van der Waals surface area contributed by atoms with Crippen LogP contribution in [0.2, 0.25) is 0 Å². The quantitative estimate of drug-likeness (QED) is 0.923. The van der Waals surface area contributed by atoms with Gasteiger partial charge < -0.3 is 10.2 Å². The lowest BCUT2D eigenvalue weighted by molar-refractivity contribution is 0.199. The molecule has 1 aromatic rings. The van der Waals surface area contributed by atoms with Gasteiger partial charge in [0.2, 0.25) is 0 Å². The topological polar surface area (TPSA) is 35.6 Å². The number of hydrogen-bond acceptors (Lipinski definition) is 2. The first-order valence-electron chi connectivity index (χ1n) is 8.34. The molecule has 6 heteroatoms. The predicted molar refractivity (Wildman–Crippen MR) is 84.2 cm³/mol. The third-order valence-corrected chi connectivity index (χ3v) is 4.79. The van der Waals surface area contributed by atoms with Gasteiger partial charge in [0, 0.05) is 25.7 Å². The van der Waals surface area contributed by atoms with Crippen molar-refractivity contribution in [1.29, 1.82) is 0 Å². The van der Waals surface area contributed by atoms with Crippen LogP contribution < -0.4 is 5.32 Å². The Hall–Kier alpha value is -1.69. The number of rotatable bonds is 4. The van der Waals surface area contributed by atoms with E-state index >= 15 is 0 Å². The van der Waals surface area contributed by atoms with Crippen molar-refractivity contribution in [3.63, 3.8) is 0 Å². The first kappa shape index (κ1) is 16.2. The van der Waals surface area contributed by atoms with E-state index in [2.05, 4.69) is 10.2 Å². The molecule has 2 amide bonds. The number of likely N-dealkylation sites (tertiary alicyclic amines) is 2. The fraction of sp³-hybridized carbons (Fsp3) is 0.588. The summed E-state index contributed by atoms with van der Waals surface area (Å²) in [4.78, 5) is 16.5. The van der Waals surface area contributed by atoms with Crippen LogP contribution in [0.1, 0.15) is 24.8 Å². The lowest BCUT2D eigenvalue weighted by Gasteiger charge is -2.23. The minimum Gasteiger partial charge on any atom is -0.338 e. The van der Waals surface area contributed by atoms with Gasteiger partial charge in [0.05, 0.1) is 0 Å². The molecule has 2 aliphatic heterocycles. The van der Waals surface area contributed by atoms with Crippen LogP contribution in [-0.2, 0) is 6.42 Å². The minimum absolute atomic E-state index is 0.108. The number of benzene rings is 1. The lowest BCUT2D eigenvalue weighted by Crippen LogP contribution is -2.42. The highest BCUT2D eigenvalue weighted by atomic mass is 19.1. The number of nitrogens with zero attached hydrogens (tertiary/aromatic N) is 2. The van der Waals surface area contributed by atoms with E-state index in [-0.39, 0.29) is 6.03 Å². The van der Waals surface area contributed by atoms with Crippen LogP contribution in [0, 0.1) is 11.6 Å². The first-order chi connectivity index (χ1) is 11.1. The normalized spacial score (nSPS) is 21.8. The van der Waals surface area contributed by atoms with Gasteiger partial charge in [-0.15, -0.1) is 0 Å². The van der Waals surface area contributed by atoms with E-state index in [1.54, 1.807) is 0 Å². The fourth-order valence-corrected chi connectivity index (χ4v) is 3.48. The molecule has 126 valence electrons. The molecule has 2 aliphatic rings. The van der Waals surface area contributed by atoms with Gasteiger partial charge in [0.15, 0.2) is 0 Å². The van der Waals surface area contributed by atoms with Crippen LogP contribution in [-0.4, -0.2) is 54.6 Å². The number of halogens is 2. The Labute approximate surface area is 135 Å². The Morgan fingerprint density at radius 1 is 1.22 bits per heavy atom. The van der Waals surface area contributed by atoms with Crippen LogP contribution in [0.5, 0.6) is 0 Å². The van der Waals surface area contributed by atoms with Crippen LogP contribution in [0.15, 0.2) is 18.2 Å². The highest BCUT2D eigenvalue weighted by Crippen LogP contribution is 2.20. The fourth-order valence-electron chi connectivity index (χ4n) is 3.48. The Kier molecular flexibility index (Phi) is 5.10. The standard InChI is InChI=1S/C17H23F2N3O/c18-14-3-4-16(19)13(11-14)5-7-20-17(23)22-10-6-15(12-22)21-8-1-2-9-21/h3-4,11,15H,1-2,5-10,12H2,(H,20,23)/t15-/m1/s1. The molecule has 0 aliphatic carbocycles. The Morgan fingerprint density at radius 2 is 2.00 bits per heavy atom. The van der Waals surface area contributed by atoms with Gasteiger partial charge in [-0.05, 0) is 62.5 Å². The third kappa shape index (κ3) is 3.99. The van der Waals surface area contributed by atoms with Crippen molar-refractivity contribution >= 4 is 6.03 Å². The highest BCUT2D eigenvalue weighted by Gasteiger charge is 2.31. The first-order valence-corrected chi connectivity index (χ1v) is 8.34. The van der Waals surface area contributed by atoms with Crippen molar-refractivity contribution in [3.05, 3.63) is 35.4 Å². The van der Waals surface area contributed by atoms with E-state index in [9.17, 15) is 13.6 Å². The van der Waals surface area contributed by atoms with Gasteiger partial charge in [0.25, 0.3) is 0 Å². The molecule has 0 bridgehead atoms. The second-order valence-electron chi connectivity index (χ2n) is 6.35. The summed E-state index contributed by atoms with van der Waals surface area (Å²) in [6.45, 7) is 4.11. The summed E-state index contributed by atoms with van der Waals surface area (Å²) in [5, 5.41) is 2.81. The van der Waals surface area contributed by atoms with E-state index in [1.807, 2.05) is 4.90 Å². The highest BCUT2D eigenvalue weighted by molar-refractivity contribution is 5.74. The molecular formula is C17H23F2N3O. The Bertz CT molecular complexity index is 561. The largest absolute Gasteiger partial charge is 0.338 e. The van der Waals surface area contributed by atoms with Gasteiger partial charge in [-0.2, -0.15) is 0 Å². The van der Waals surface area contributed by atoms with Gasteiger partial charge in [0.1, 0.15) is 11.6 Å². The third-order valence-electron chi connectivity index (χ3n) is 4.79. The number of carbonyl (C=O) groups is 1. The summed E-state index contributed by atoms with van der Waals surface area (Å²) in [6, 6.07) is 3.77. The van der Waals surface area contributed by atoms with Crippen LogP contribution in [0.25, 0.3) is 0 Å². The molecule has 2 fully saturated rings. The molecule has 0 unspecified atom stereocenters. The molecule has 4 nitrogen and oxygen atoms in total. The maximum atomic E-state index is 13.5. The van der Waals surface area contributed by atoms with Gasteiger partial charge in [-0.1, -0.05) is 0 Å².